The highest BCUT2D eigenvalue weighted by Gasteiger charge is 2.36. The Balaban J connectivity index is 1.50. The van der Waals surface area contributed by atoms with Gasteiger partial charge in [-0.3, -0.25) is 5.32 Å². The summed E-state index contributed by atoms with van der Waals surface area (Å²) in [4.78, 5) is 22.9. The molecule has 2 aliphatic rings. The van der Waals surface area contributed by atoms with Crippen LogP contribution in [0.2, 0.25) is 0 Å². The molecule has 2 aliphatic heterocycles. The third kappa shape index (κ3) is 5.15. The lowest BCUT2D eigenvalue weighted by Crippen LogP contribution is -2.43. The van der Waals surface area contributed by atoms with Gasteiger partial charge >= 0.3 is 12.3 Å². The Morgan fingerprint density at radius 2 is 1.89 bits per heavy atom. The van der Waals surface area contributed by atoms with Crippen molar-refractivity contribution in [3.63, 3.8) is 0 Å². The highest BCUT2D eigenvalue weighted by atomic mass is 19.4. The van der Waals surface area contributed by atoms with Gasteiger partial charge in [0.1, 0.15) is 19.0 Å². The number of halogens is 3. The molecule has 1 aromatic carbocycles. The van der Waals surface area contributed by atoms with Gasteiger partial charge in [0.2, 0.25) is 0 Å². The summed E-state index contributed by atoms with van der Waals surface area (Å²) in [6, 6.07) is 6.51. The van der Waals surface area contributed by atoms with Gasteiger partial charge in [-0.15, -0.1) is 0 Å². The fraction of sp³-hybridized carbons (Fsp3) is 0.455. The number of aromatic nitrogens is 4. The molecule has 0 radical (unpaired) electrons. The molecule has 0 saturated carbocycles. The zero-order valence-corrected chi connectivity index (χ0v) is 18.5. The van der Waals surface area contributed by atoms with Crippen molar-refractivity contribution in [2.75, 3.05) is 36.5 Å². The van der Waals surface area contributed by atoms with Crippen molar-refractivity contribution < 1.29 is 32.5 Å². The summed E-state index contributed by atoms with van der Waals surface area (Å²) in [6.07, 6.45) is -1.81. The predicted molar refractivity (Wildman–Crippen MR) is 119 cm³/mol. The molecule has 0 aliphatic carbocycles. The maximum Gasteiger partial charge on any atom is 0.411 e. The average molecular weight is 492 g/mol. The van der Waals surface area contributed by atoms with Crippen molar-refractivity contribution in [3.8, 4) is 11.4 Å². The molecule has 1 amide bonds. The van der Waals surface area contributed by atoms with E-state index in [0.717, 1.165) is 17.5 Å². The van der Waals surface area contributed by atoms with Gasteiger partial charge in [0, 0.05) is 24.3 Å². The Morgan fingerprint density at radius 1 is 1.17 bits per heavy atom. The van der Waals surface area contributed by atoms with E-state index >= 15 is 0 Å². The molecular formula is C22H23F3N6O4. The first-order valence-corrected chi connectivity index (χ1v) is 11.1. The summed E-state index contributed by atoms with van der Waals surface area (Å²) < 4.78 is 51.0. The molecule has 5 rings (SSSR count). The molecule has 10 nitrogen and oxygen atoms in total. The normalized spacial score (nSPS) is 19.8. The number of benzene rings is 1. The largest absolute Gasteiger partial charge is 0.447 e. The SMILES string of the molecule is O=C(Nc1ccc(-c2nc(N3CC4CCC(C3)O4)c3cnn(CC(F)(F)F)c3n2)cc1)OCCO. The summed E-state index contributed by atoms with van der Waals surface area (Å²) >= 11 is 0. The van der Waals surface area contributed by atoms with Crippen molar-refractivity contribution in [2.24, 2.45) is 0 Å². The van der Waals surface area contributed by atoms with Gasteiger partial charge in [-0.1, -0.05) is 0 Å². The first-order valence-electron chi connectivity index (χ1n) is 11.1. The average Bonchev–Trinajstić information content (AvgIpc) is 3.38. The molecule has 4 heterocycles. The quantitative estimate of drug-likeness (QED) is 0.540. The number of amides is 1. The minimum Gasteiger partial charge on any atom is -0.447 e. The number of anilines is 2. The Hall–Kier alpha value is -3.45. The van der Waals surface area contributed by atoms with Crippen molar-refractivity contribution in [1.82, 2.24) is 19.7 Å². The minimum atomic E-state index is -4.46. The Kier molecular flexibility index (Phi) is 6.19. The third-order valence-electron chi connectivity index (χ3n) is 5.86. The molecule has 3 aromatic rings. The van der Waals surface area contributed by atoms with Gasteiger partial charge in [-0.05, 0) is 37.1 Å². The molecule has 2 atom stereocenters. The van der Waals surface area contributed by atoms with E-state index in [-0.39, 0.29) is 36.9 Å². The van der Waals surface area contributed by atoms with Crippen LogP contribution < -0.4 is 10.2 Å². The molecule has 2 N–H and O–H groups in total. The van der Waals surface area contributed by atoms with Gasteiger partial charge in [-0.25, -0.2) is 19.4 Å². The molecule has 2 unspecified atom stereocenters. The number of hydrogen-bond acceptors (Lipinski definition) is 8. The smallest absolute Gasteiger partial charge is 0.411 e. The number of aliphatic hydroxyl groups is 1. The lowest BCUT2D eigenvalue weighted by atomic mass is 10.2. The zero-order chi connectivity index (χ0) is 24.6. The molecule has 186 valence electrons. The first kappa shape index (κ1) is 23.3. The number of hydrogen-bond donors (Lipinski definition) is 2. The molecule has 0 spiro atoms. The number of alkyl halides is 3. The topological polar surface area (TPSA) is 115 Å². The van der Waals surface area contributed by atoms with Gasteiger partial charge < -0.3 is 19.5 Å². The first-order chi connectivity index (χ1) is 16.8. The van der Waals surface area contributed by atoms with E-state index < -0.39 is 18.8 Å². The third-order valence-corrected chi connectivity index (χ3v) is 5.86. The van der Waals surface area contributed by atoms with Gasteiger partial charge in [0.25, 0.3) is 0 Å². The summed E-state index contributed by atoms with van der Waals surface area (Å²) in [5, 5.41) is 15.7. The van der Waals surface area contributed by atoms with E-state index in [1.807, 2.05) is 4.90 Å². The molecule has 2 fully saturated rings. The van der Waals surface area contributed by atoms with Crippen LogP contribution in [0.15, 0.2) is 30.5 Å². The number of aliphatic hydroxyl groups excluding tert-OH is 1. The van der Waals surface area contributed by atoms with E-state index in [1.165, 1.54) is 6.20 Å². The standard InChI is InChI=1S/C22H23F3N6O4/c23-22(24,25)12-31-20-17(9-26-31)19(30-10-15-5-6-16(11-30)35-15)28-18(29-20)13-1-3-14(4-2-13)27-21(33)34-8-7-32/h1-4,9,15-16,32H,5-8,10-12H2,(H,27,33). The summed E-state index contributed by atoms with van der Waals surface area (Å²) in [7, 11) is 0. The lowest BCUT2D eigenvalue weighted by molar-refractivity contribution is -0.141. The van der Waals surface area contributed by atoms with Crippen LogP contribution in [-0.2, 0) is 16.0 Å². The van der Waals surface area contributed by atoms with Crippen molar-refractivity contribution in [1.29, 1.82) is 0 Å². The summed E-state index contributed by atoms with van der Waals surface area (Å²) in [5.74, 6) is 0.762. The van der Waals surface area contributed by atoms with E-state index in [1.54, 1.807) is 24.3 Å². The van der Waals surface area contributed by atoms with Crippen LogP contribution in [0.3, 0.4) is 0 Å². The number of nitrogens with zero attached hydrogens (tertiary/aromatic N) is 5. The van der Waals surface area contributed by atoms with E-state index in [0.29, 0.717) is 35.5 Å². The van der Waals surface area contributed by atoms with E-state index in [4.69, 9.17) is 19.6 Å². The molecule has 2 bridgehead atoms. The maximum absolute atomic E-state index is 13.2. The number of nitrogens with one attached hydrogen (secondary N) is 1. The number of rotatable bonds is 6. The fourth-order valence-electron chi connectivity index (χ4n) is 4.38. The van der Waals surface area contributed by atoms with Crippen molar-refractivity contribution in [3.05, 3.63) is 30.5 Å². The Bertz CT molecular complexity index is 1200. The van der Waals surface area contributed by atoms with Crippen LogP contribution in [0.4, 0.5) is 29.5 Å². The zero-order valence-electron chi connectivity index (χ0n) is 18.5. The minimum absolute atomic E-state index is 0.0587. The Morgan fingerprint density at radius 3 is 2.54 bits per heavy atom. The van der Waals surface area contributed by atoms with Crippen LogP contribution in [-0.4, -0.2) is 75.6 Å². The van der Waals surface area contributed by atoms with Crippen LogP contribution in [0.5, 0.6) is 0 Å². The van der Waals surface area contributed by atoms with E-state index in [2.05, 4.69) is 15.4 Å². The second-order valence-corrected chi connectivity index (χ2v) is 8.45. The molecule has 35 heavy (non-hydrogen) atoms. The number of fused-ring (bicyclic) bond motifs is 3. The lowest BCUT2D eigenvalue weighted by Gasteiger charge is -2.33. The van der Waals surface area contributed by atoms with Crippen molar-refractivity contribution >= 4 is 28.6 Å². The second kappa shape index (κ2) is 9.30. The molecular weight excluding hydrogens is 469 g/mol. The number of carbonyl (C=O) groups is 1. The van der Waals surface area contributed by atoms with Crippen LogP contribution in [0, 0.1) is 0 Å². The maximum atomic E-state index is 13.2. The second-order valence-electron chi connectivity index (χ2n) is 8.45. The van der Waals surface area contributed by atoms with Gasteiger partial charge in [0.05, 0.1) is 30.4 Å². The van der Waals surface area contributed by atoms with Gasteiger partial charge in [0.15, 0.2) is 11.5 Å². The number of morpholine rings is 1. The van der Waals surface area contributed by atoms with Crippen LogP contribution in [0.25, 0.3) is 22.4 Å². The van der Waals surface area contributed by atoms with Crippen LogP contribution >= 0.6 is 0 Å². The molecule has 2 aromatic heterocycles. The summed E-state index contributed by atoms with van der Waals surface area (Å²) in [5.41, 5.74) is 1.08. The predicted octanol–water partition coefficient (Wildman–Crippen LogP) is 2.96. The van der Waals surface area contributed by atoms with Gasteiger partial charge in [-0.2, -0.15) is 18.3 Å². The highest BCUT2D eigenvalue weighted by Crippen LogP contribution is 2.34. The van der Waals surface area contributed by atoms with E-state index in [9.17, 15) is 18.0 Å². The monoisotopic (exact) mass is 492 g/mol. The molecule has 2 saturated heterocycles. The number of ether oxygens (including phenoxy) is 2. The highest BCUT2D eigenvalue weighted by molar-refractivity contribution is 5.89. The Labute approximate surface area is 197 Å². The number of carbonyl (C=O) groups excluding carboxylic acids is 1. The molecule has 13 heteroatoms. The van der Waals surface area contributed by atoms with Crippen molar-refractivity contribution in [2.45, 2.75) is 37.8 Å². The fourth-order valence-corrected chi connectivity index (χ4v) is 4.38. The van der Waals surface area contributed by atoms with Crippen LogP contribution in [0.1, 0.15) is 12.8 Å². The summed E-state index contributed by atoms with van der Waals surface area (Å²) in [6.45, 7) is -0.504.